The van der Waals surface area contributed by atoms with Gasteiger partial charge >= 0.3 is 7.12 Å². The molecule has 6 nitrogen and oxygen atoms in total. The van der Waals surface area contributed by atoms with E-state index in [1.165, 1.54) is 0 Å². The van der Waals surface area contributed by atoms with Crippen LogP contribution in [0.1, 0.15) is 17.0 Å². The lowest BCUT2D eigenvalue weighted by molar-refractivity contribution is -0.117. The van der Waals surface area contributed by atoms with Gasteiger partial charge in [-0.25, -0.2) is 0 Å². The Labute approximate surface area is 151 Å². The molecule has 1 aromatic heterocycles. The van der Waals surface area contributed by atoms with Crippen molar-refractivity contribution in [2.24, 2.45) is 5.73 Å². The van der Waals surface area contributed by atoms with Crippen LogP contribution in [0.15, 0.2) is 54.9 Å². The van der Waals surface area contributed by atoms with Crippen LogP contribution in [0.4, 0.5) is 5.69 Å². The Balaban J connectivity index is 1.58. The standard InChI is InChI=1S/C19H18BN3O3/c21-9-17(13-1-2-15-11-26-20(25)18(15)8-13)19(24)23-16-4-3-14-10-22-6-5-12(14)7-16/h1-8,10,17,25H,9,11,21H2,(H,23,24). The minimum absolute atomic E-state index is 0.166. The van der Waals surface area contributed by atoms with Crippen molar-refractivity contribution in [2.75, 3.05) is 11.9 Å². The highest BCUT2D eigenvalue weighted by Crippen LogP contribution is 2.22. The summed E-state index contributed by atoms with van der Waals surface area (Å²) in [6.45, 7) is 0.543. The summed E-state index contributed by atoms with van der Waals surface area (Å²) in [4.78, 5) is 16.8. The van der Waals surface area contributed by atoms with Crippen molar-refractivity contribution in [2.45, 2.75) is 12.5 Å². The molecule has 0 fully saturated rings. The summed E-state index contributed by atoms with van der Waals surface area (Å²) in [5.41, 5.74) is 8.97. The van der Waals surface area contributed by atoms with Crippen molar-refractivity contribution in [3.8, 4) is 0 Å². The minimum Gasteiger partial charge on any atom is -0.423 e. The lowest BCUT2D eigenvalue weighted by Gasteiger charge is -2.16. The topological polar surface area (TPSA) is 97.5 Å². The molecule has 4 rings (SSSR count). The number of amides is 1. The monoisotopic (exact) mass is 347 g/mol. The molecule has 1 aliphatic rings. The SMILES string of the molecule is NCC(C(=O)Nc1ccc2cnccc2c1)c1ccc2c(c1)B(O)OC2. The van der Waals surface area contributed by atoms with Crippen LogP contribution in [0.25, 0.3) is 10.8 Å². The molecule has 26 heavy (non-hydrogen) atoms. The number of nitrogens with two attached hydrogens (primary N) is 1. The summed E-state index contributed by atoms with van der Waals surface area (Å²) in [5, 5.41) is 14.8. The first-order valence-corrected chi connectivity index (χ1v) is 8.43. The molecule has 4 N–H and O–H groups in total. The number of carbonyl (C=O) groups is 1. The number of pyridine rings is 1. The van der Waals surface area contributed by atoms with E-state index in [1.54, 1.807) is 18.5 Å². The lowest BCUT2D eigenvalue weighted by atomic mass is 9.77. The van der Waals surface area contributed by atoms with Crippen LogP contribution in [-0.4, -0.2) is 29.6 Å². The molecule has 0 spiro atoms. The Kier molecular flexibility index (Phi) is 4.42. The highest BCUT2D eigenvalue weighted by atomic mass is 16.5. The zero-order chi connectivity index (χ0) is 18.1. The summed E-state index contributed by atoms with van der Waals surface area (Å²) in [7, 11) is -0.944. The average Bonchev–Trinajstić information content (AvgIpc) is 3.03. The maximum atomic E-state index is 12.8. The zero-order valence-electron chi connectivity index (χ0n) is 14.1. The third-order valence-corrected chi connectivity index (χ3v) is 4.70. The van der Waals surface area contributed by atoms with Crippen molar-refractivity contribution in [1.82, 2.24) is 4.98 Å². The van der Waals surface area contributed by atoms with E-state index in [-0.39, 0.29) is 12.5 Å². The van der Waals surface area contributed by atoms with E-state index in [9.17, 15) is 9.82 Å². The van der Waals surface area contributed by atoms with Crippen molar-refractivity contribution in [3.63, 3.8) is 0 Å². The Hall–Kier alpha value is -2.74. The Morgan fingerprint density at radius 3 is 3.00 bits per heavy atom. The number of aromatic nitrogens is 1. The van der Waals surface area contributed by atoms with Crippen LogP contribution in [0.5, 0.6) is 0 Å². The fourth-order valence-electron chi connectivity index (χ4n) is 3.23. The zero-order valence-corrected chi connectivity index (χ0v) is 14.1. The molecule has 0 radical (unpaired) electrons. The van der Waals surface area contributed by atoms with Gasteiger partial charge in [-0.15, -0.1) is 0 Å². The van der Waals surface area contributed by atoms with E-state index in [0.29, 0.717) is 17.8 Å². The minimum atomic E-state index is -0.944. The molecule has 1 aliphatic heterocycles. The third kappa shape index (κ3) is 3.08. The van der Waals surface area contributed by atoms with Gasteiger partial charge in [0.2, 0.25) is 5.91 Å². The number of hydrogen-bond donors (Lipinski definition) is 3. The van der Waals surface area contributed by atoms with Gasteiger partial charge in [0, 0.05) is 30.0 Å². The first-order valence-electron chi connectivity index (χ1n) is 8.43. The van der Waals surface area contributed by atoms with Gasteiger partial charge in [0.05, 0.1) is 12.5 Å². The number of carbonyl (C=O) groups excluding carboxylic acids is 1. The van der Waals surface area contributed by atoms with Crippen LogP contribution in [0.2, 0.25) is 0 Å². The number of nitrogens with one attached hydrogen (secondary N) is 1. The quantitative estimate of drug-likeness (QED) is 0.615. The molecule has 7 heteroatoms. The predicted octanol–water partition coefficient (Wildman–Crippen LogP) is 1.13. The Bertz CT molecular complexity index is 979. The van der Waals surface area contributed by atoms with Crippen LogP contribution < -0.4 is 16.5 Å². The van der Waals surface area contributed by atoms with Gasteiger partial charge in [-0.05, 0) is 40.2 Å². The molecular weight excluding hydrogens is 329 g/mol. The van der Waals surface area contributed by atoms with Gasteiger partial charge in [0.1, 0.15) is 0 Å². The van der Waals surface area contributed by atoms with Crippen LogP contribution in [0.3, 0.4) is 0 Å². The van der Waals surface area contributed by atoms with E-state index in [0.717, 1.165) is 21.9 Å². The molecule has 0 saturated carbocycles. The molecular formula is C19H18BN3O3. The molecule has 0 bridgehead atoms. The lowest BCUT2D eigenvalue weighted by Crippen LogP contribution is -2.31. The van der Waals surface area contributed by atoms with Gasteiger partial charge in [-0.3, -0.25) is 9.78 Å². The molecule has 130 valence electrons. The number of benzene rings is 2. The van der Waals surface area contributed by atoms with Crippen molar-refractivity contribution < 1.29 is 14.5 Å². The Morgan fingerprint density at radius 1 is 1.27 bits per heavy atom. The van der Waals surface area contributed by atoms with Gasteiger partial charge in [0.15, 0.2) is 0 Å². The van der Waals surface area contributed by atoms with E-state index in [2.05, 4.69) is 10.3 Å². The van der Waals surface area contributed by atoms with Gasteiger partial charge < -0.3 is 20.7 Å². The normalized spacial score (nSPS) is 14.3. The molecule has 2 aromatic carbocycles. The highest BCUT2D eigenvalue weighted by molar-refractivity contribution is 6.61. The van der Waals surface area contributed by atoms with Crippen LogP contribution >= 0.6 is 0 Å². The fourth-order valence-corrected chi connectivity index (χ4v) is 3.23. The molecule has 1 atom stereocenters. The van der Waals surface area contributed by atoms with Crippen molar-refractivity contribution in [3.05, 3.63) is 66.0 Å². The highest BCUT2D eigenvalue weighted by Gasteiger charge is 2.29. The molecule has 0 saturated heterocycles. The summed E-state index contributed by atoms with van der Waals surface area (Å²) < 4.78 is 5.21. The predicted molar refractivity (Wildman–Crippen MR) is 101 cm³/mol. The number of hydrogen-bond acceptors (Lipinski definition) is 5. The number of anilines is 1. The average molecular weight is 347 g/mol. The maximum absolute atomic E-state index is 12.8. The summed E-state index contributed by atoms with van der Waals surface area (Å²) >= 11 is 0. The molecule has 0 aliphatic carbocycles. The van der Waals surface area contributed by atoms with Gasteiger partial charge in [0.25, 0.3) is 0 Å². The largest absolute Gasteiger partial charge is 0.491 e. The second-order valence-electron chi connectivity index (χ2n) is 6.34. The van der Waals surface area contributed by atoms with Gasteiger partial charge in [-0.1, -0.05) is 24.3 Å². The molecule has 3 aromatic rings. The Morgan fingerprint density at radius 2 is 2.15 bits per heavy atom. The number of rotatable bonds is 4. The smallest absolute Gasteiger partial charge is 0.423 e. The van der Waals surface area contributed by atoms with E-state index in [1.807, 2.05) is 36.4 Å². The van der Waals surface area contributed by atoms with Crippen molar-refractivity contribution in [1.29, 1.82) is 0 Å². The number of fused-ring (bicyclic) bond motifs is 2. The summed E-state index contributed by atoms with van der Waals surface area (Å²) in [6, 6.07) is 13.1. The second-order valence-corrected chi connectivity index (χ2v) is 6.34. The third-order valence-electron chi connectivity index (χ3n) is 4.70. The first-order chi connectivity index (χ1) is 12.7. The summed E-state index contributed by atoms with van der Waals surface area (Å²) in [5.74, 6) is -0.699. The van der Waals surface area contributed by atoms with E-state index >= 15 is 0 Å². The first kappa shape index (κ1) is 16.7. The van der Waals surface area contributed by atoms with Crippen molar-refractivity contribution >= 4 is 34.9 Å². The van der Waals surface area contributed by atoms with Crippen LogP contribution in [-0.2, 0) is 16.1 Å². The van der Waals surface area contributed by atoms with E-state index in [4.69, 9.17) is 10.4 Å². The van der Waals surface area contributed by atoms with Gasteiger partial charge in [-0.2, -0.15) is 0 Å². The molecule has 1 unspecified atom stereocenters. The number of nitrogens with zero attached hydrogens (tertiary/aromatic N) is 1. The van der Waals surface area contributed by atoms with E-state index < -0.39 is 13.0 Å². The second kappa shape index (κ2) is 6.88. The molecule has 2 heterocycles. The molecule has 1 amide bonds. The maximum Gasteiger partial charge on any atom is 0.491 e. The fraction of sp³-hybridized carbons (Fsp3) is 0.158. The summed E-state index contributed by atoms with van der Waals surface area (Å²) in [6.07, 6.45) is 3.50. The van der Waals surface area contributed by atoms with Crippen LogP contribution in [0, 0.1) is 0 Å².